The van der Waals surface area contributed by atoms with Crippen molar-refractivity contribution in [2.24, 2.45) is 4.99 Å². The van der Waals surface area contributed by atoms with Crippen molar-refractivity contribution in [3.8, 4) is 5.75 Å². The van der Waals surface area contributed by atoms with Gasteiger partial charge in [-0.25, -0.2) is 10.2 Å². The summed E-state index contributed by atoms with van der Waals surface area (Å²) in [6.07, 6.45) is 4.08. The standard InChI is InChI=1S/C12H15ClN2O3/c1-15(9-2-3-9)7-14-11-5-12(18-17)8(6-16)4-10(11)13/h4-5,7,9,16-17H,2-3,6H2,1H3. The second kappa shape index (κ2) is 5.56. The third kappa shape index (κ3) is 2.93. The Morgan fingerprint density at radius 2 is 2.28 bits per heavy atom. The maximum absolute atomic E-state index is 9.07. The number of rotatable bonds is 5. The van der Waals surface area contributed by atoms with E-state index in [4.69, 9.17) is 22.0 Å². The molecular formula is C12H15ClN2O3. The highest BCUT2D eigenvalue weighted by molar-refractivity contribution is 6.33. The number of benzene rings is 1. The van der Waals surface area contributed by atoms with Gasteiger partial charge in [0.15, 0.2) is 5.75 Å². The number of aliphatic imine (C=N–C) groups is 1. The van der Waals surface area contributed by atoms with Gasteiger partial charge in [0.25, 0.3) is 0 Å². The molecule has 5 nitrogen and oxygen atoms in total. The van der Waals surface area contributed by atoms with Gasteiger partial charge in [-0.2, -0.15) is 0 Å². The molecule has 6 heteroatoms. The van der Waals surface area contributed by atoms with E-state index in [0.717, 1.165) is 0 Å². The third-order valence-electron chi connectivity index (χ3n) is 2.90. The summed E-state index contributed by atoms with van der Waals surface area (Å²) >= 11 is 6.04. The smallest absolute Gasteiger partial charge is 0.172 e. The molecule has 18 heavy (non-hydrogen) atoms. The molecule has 2 N–H and O–H groups in total. The van der Waals surface area contributed by atoms with Crippen LogP contribution < -0.4 is 4.89 Å². The molecule has 1 aliphatic rings. The van der Waals surface area contributed by atoms with E-state index in [1.54, 1.807) is 6.34 Å². The molecule has 0 unspecified atom stereocenters. The Morgan fingerprint density at radius 3 is 2.83 bits per heavy atom. The first kappa shape index (κ1) is 13.1. The highest BCUT2D eigenvalue weighted by Crippen LogP contribution is 2.33. The Morgan fingerprint density at radius 1 is 1.56 bits per heavy atom. The van der Waals surface area contributed by atoms with Crippen LogP contribution >= 0.6 is 11.6 Å². The summed E-state index contributed by atoms with van der Waals surface area (Å²) in [7, 11) is 1.96. The van der Waals surface area contributed by atoms with Crippen LogP contribution in [0.3, 0.4) is 0 Å². The largest absolute Gasteiger partial charge is 0.392 e. The zero-order chi connectivity index (χ0) is 13.1. The Hall–Kier alpha value is -1.30. The lowest BCUT2D eigenvalue weighted by Crippen LogP contribution is -2.17. The van der Waals surface area contributed by atoms with E-state index in [1.807, 2.05) is 11.9 Å². The predicted octanol–water partition coefficient (Wildman–Crippen LogP) is 2.44. The molecule has 0 amide bonds. The molecule has 1 aromatic carbocycles. The van der Waals surface area contributed by atoms with Gasteiger partial charge in [0.1, 0.15) is 0 Å². The van der Waals surface area contributed by atoms with Crippen molar-refractivity contribution in [3.05, 3.63) is 22.7 Å². The van der Waals surface area contributed by atoms with Gasteiger partial charge in [-0.15, -0.1) is 0 Å². The molecule has 0 bridgehead atoms. The Bertz CT molecular complexity index is 461. The summed E-state index contributed by atoms with van der Waals surface area (Å²) in [6, 6.07) is 3.58. The minimum absolute atomic E-state index is 0.156. The molecule has 1 fully saturated rings. The molecule has 1 saturated carbocycles. The molecule has 2 rings (SSSR count). The number of hydrogen-bond donors (Lipinski definition) is 2. The van der Waals surface area contributed by atoms with Gasteiger partial charge in [0.2, 0.25) is 0 Å². The number of nitrogens with zero attached hydrogens (tertiary/aromatic N) is 2. The summed E-state index contributed by atoms with van der Waals surface area (Å²) in [6.45, 7) is -0.262. The number of halogens is 1. The molecular weight excluding hydrogens is 256 g/mol. The minimum atomic E-state index is -0.262. The molecule has 0 aromatic heterocycles. The predicted molar refractivity (Wildman–Crippen MR) is 69.6 cm³/mol. The second-order valence-electron chi connectivity index (χ2n) is 4.30. The minimum Gasteiger partial charge on any atom is -0.392 e. The highest BCUT2D eigenvalue weighted by Gasteiger charge is 2.24. The van der Waals surface area contributed by atoms with Crippen molar-refractivity contribution in [3.63, 3.8) is 0 Å². The van der Waals surface area contributed by atoms with Crippen LogP contribution in [0.25, 0.3) is 0 Å². The third-order valence-corrected chi connectivity index (χ3v) is 3.20. The van der Waals surface area contributed by atoms with Crippen LogP contribution in [0.5, 0.6) is 5.75 Å². The number of aliphatic hydroxyl groups is 1. The van der Waals surface area contributed by atoms with Crippen molar-refractivity contribution in [1.29, 1.82) is 0 Å². The van der Waals surface area contributed by atoms with Crippen molar-refractivity contribution < 1.29 is 15.3 Å². The highest BCUT2D eigenvalue weighted by atomic mass is 35.5. The lowest BCUT2D eigenvalue weighted by atomic mass is 10.2. The van der Waals surface area contributed by atoms with Gasteiger partial charge in [-0.05, 0) is 18.9 Å². The normalized spacial score (nSPS) is 15.1. The van der Waals surface area contributed by atoms with E-state index in [1.165, 1.54) is 25.0 Å². The van der Waals surface area contributed by atoms with Crippen LogP contribution in [-0.2, 0) is 6.61 Å². The lowest BCUT2D eigenvalue weighted by Gasteiger charge is -2.11. The fourth-order valence-electron chi connectivity index (χ4n) is 1.62. The summed E-state index contributed by atoms with van der Waals surface area (Å²) in [5, 5.41) is 18.2. The fourth-order valence-corrected chi connectivity index (χ4v) is 1.86. The average molecular weight is 271 g/mol. The Labute approximate surface area is 110 Å². The van der Waals surface area contributed by atoms with E-state index in [2.05, 4.69) is 9.88 Å². The van der Waals surface area contributed by atoms with E-state index in [0.29, 0.717) is 22.3 Å². The zero-order valence-electron chi connectivity index (χ0n) is 10.0. The lowest BCUT2D eigenvalue weighted by molar-refractivity contribution is -0.138. The number of aliphatic hydroxyl groups excluding tert-OH is 1. The van der Waals surface area contributed by atoms with Crippen molar-refractivity contribution in [2.45, 2.75) is 25.5 Å². The molecule has 98 valence electrons. The maximum Gasteiger partial charge on any atom is 0.172 e. The monoisotopic (exact) mass is 270 g/mol. The molecule has 1 aliphatic carbocycles. The van der Waals surface area contributed by atoms with Crippen molar-refractivity contribution >= 4 is 23.6 Å². The average Bonchev–Trinajstić information content (AvgIpc) is 3.20. The second-order valence-corrected chi connectivity index (χ2v) is 4.71. The SMILES string of the molecule is CN(C=Nc1cc(OO)c(CO)cc1Cl)C1CC1. The summed E-state index contributed by atoms with van der Waals surface area (Å²) in [5.41, 5.74) is 0.905. The summed E-state index contributed by atoms with van der Waals surface area (Å²) in [5.74, 6) is 0.156. The molecule has 1 aromatic rings. The molecule has 0 radical (unpaired) electrons. The van der Waals surface area contributed by atoms with Crippen molar-refractivity contribution in [2.75, 3.05) is 7.05 Å². The fraction of sp³-hybridized carbons (Fsp3) is 0.417. The van der Waals surface area contributed by atoms with Gasteiger partial charge in [-0.1, -0.05) is 11.6 Å². The topological polar surface area (TPSA) is 65.3 Å². The van der Waals surface area contributed by atoms with E-state index in [-0.39, 0.29) is 12.4 Å². The summed E-state index contributed by atoms with van der Waals surface area (Å²) < 4.78 is 0. The van der Waals surface area contributed by atoms with E-state index >= 15 is 0 Å². The number of hydrogen-bond acceptors (Lipinski definition) is 4. The first-order valence-corrected chi connectivity index (χ1v) is 6.04. The molecule has 0 atom stereocenters. The van der Waals surface area contributed by atoms with Crippen LogP contribution in [0.1, 0.15) is 18.4 Å². The van der Waals surface area contributed by atoms with E-state index < -0.39 is 0 Å². The summed E-state index contributed by atoms with van der Waals surface area (Å²) in [4.78, 5) is 10.5. The first-order valence-electron chi connectivity index (χ1n) is 5.66. The Balaban J connectivity index is 2.21. The van der Waals surface area contributed by atoms with E-state index in [9.17, 15) is 0 Å². The molecule has 0 aliphatic heterocycles. The van der Waals surface area contributed by atoms with Crippen molar-refractivity contribution in [1.82, 2.24) is 4.90 Å². The van der Waals surface area contributed by atoms with Gasteiger partial charge in [-0.3, -0.25) is 0 Å². The quantitative estimate of drug-likeness (QED) is 0.373. The van der Waals surface area contributed by atoms with Gasteiger partial charge in [0.05, 0.1) is 23.7 Å². The molecule has 0 saturated heterocycles. The van der Waals surface area contributed by atoms with Gasteiger partial charge < -0.3 is 14.9 Å². The van der Waals surface area contributed by atoms with Crippen LogP contribution in [0.15, 0.2) is 17.1 Å². The molecule has 0 spiro atoms. The zero-order valence-corrected chi connectivity index (χ0v) is 10.8. The first-order chi connectivity index (χ1) is 8.65. The molecule has 0 heterocycles. The maximum atomic E-state index is 9.07. The van der Waals surface area contributed by atoms with Crippen LogP contribution in [0, 0.1) is 0 Å². The van der Waals surface area contributed by atoms with Gasteiger partial charge in [0, 0.05) is 24.7 Å². The van der Waals surface area contributed by atoms with Crippen LogP contribution in [0.2, 0.25) is 5.02 Å². The van der Waals surface area contributed by atoms with Gasteiger partial charge >= 0.3 is 0 Å². The Kier molecular flexibility index (Phi) is 4.06. The van der Waals surface area contributed by atoms with Crippen LogP contribution in [-0.4, -0.2) is 34.7 Å². The van der Waals surface area contributed by atoms with Crippen LogP contribution in [0.4, 0.5) is 5.69 Å².